The highest BCUT2D eigenvalue weighted by Gasteiger charge is 2.19. The monoisotopic (exact) mass is 467 g/mol. The van der Waals surface area contributed by atoms with Gasteiger partial charge in [-0.1, -0.05) is 48.0 Å². The highest BCUT2D eigenvalue weighted by Crippen LogP contribution is 2.30. The summed E-state index contributed by atoms with van der Waals surface area (Å²) in [7, 11) is 0. The first-order chi connectivity index (χ1) is 15.4. The van der Waals surface area contributed by atoms with E-state index >= 15 is 0 Å². The molecule has 0 radical (unpaired) electrons. The van der Waals surface area contributed by atoms with Crippen LogP contribution in [0, 0.1) is 6.92 Å². The van der Waals surface area contributed by atoms with E-state index in [4.69, 9.17) is 16.3 Å². The van der Waals surface area contributed by atoms with Gasteiger partial charge in [0.15, 0.2) is 6.61 Å². The van der Waals surface area contributed by atoms with E-state index < -0.39 is 24.4 Å². The molecule has 1 N–H and O–H groups in total. The Morgan fingerprint density at radius 1 is 1.09 bits per heavy atom. The number of fused-ring (bicyclic) bond motifs is 1. The van der Waals surface area contributed by atoms with Crippen LogP contribution in [0.2, 0.25) is 5.02 Å². The SMILES string of the molecule is Cc1nn(Cc2ccccc2Cl)c2sc(C(=O)OCC(=O)NC(=O)c3ccccc3)cc12. The molecule has 2 heterocycles. The third kappa shape index (κ3) is 4.71. The molecule has 0 saturated carbocycles. The predicted octanol–water partition coefficient (Wildman–Crippen LogP) is 4.22. The lowest BCUT2D eigenvalue weighted by atomic mass is 10.2. The van der Waals surface area contributed by atoms with Crippen molar-refractivity contribution in [1.82, 2.24) is 15.1 Å². The van der Waals surface area contributed by atoms with Crippen LogP contribution in [0.3, 0.4) is 0 Å². The number of benzene rings is 2. The predicted molar refractivity (Wildman–Crippen MR) is 122 cm³/mol. The van der Waals surface area contributed by atoms with E-state index in [0.717, 1.165) is 21.5 Å². The topological polar surface area (TPSA) is 90.3 Å². The highest BCUT2D eigenvalue weighted by atomic mass is 35.5. The van der Waals surface area contributed by atoms with Gasteiger partial charge in [0.25, 0.3) is 11.8 Å². The Morgan fingerprint density at radius 2 is 1.81 bits per heavy atom. The fraction of sp³-hybridized carbons (Fsp3) is 0.130. The fourth-order valence-corrected chi connectivity index (χ4v) is 4.39. The van der Waals surface area contributed by atoms with Crippen LogP contribution in [0.15, 0.2) is 60.7 Å². The van der Waals surface area contributed by atoms with Crippen molar-refractivity contribution < 1.29 is 19.1 Å². The molecule has 0 bridgehead atoms. The van der Waals surface area contributed by atoms with Gasteiger partial charge in [0, 0.05) is 16.0 Å². The molecular formula is C23H18ClN3O4S. The summed E-state index contributed by atoms with van der Waals surface area (Å²) in [5.41, 5.74) is 2.03. The van der Waals surface area contributed by atoms with E-state index in [9.17, 15) is 14.4 Å². The van der Waals surface area contributed by atoms with Crippen LogP contribution in [-0.4, -0.2) is 34.2 Å². The molecule has 0 fully saturated rings. The number of carbonyl (C=O) groups is 3. The minimum absolute atomic E-state index is 0.343. The number of nitrogens with zero attached hydrogens (tertiary/aromatic N) is 2. The Hall–Kier alpha value is -3.49. The number of imide groups is 1. The van der Waals surface area contributed by atoms with Crippen LogP contribution in [-0.2, 0) is 16.1 Å². The number of aryl methyl sites for hydroxylation is 1. The summed E-state index contributed by atoms with van der Waals surface area (Å²) in [5.74, 6) is -1.89. The van der Waals surface area contributed by atoms with Gasteiger partial charge in [-0.3, -0.25) is 19.6 Å². The maximum atomic E-state index is 12.5. The zero-order valence-electron chi connectivity index (χ0n) is 17.0. The fourth-order valence-electron chi connectivity index (χ4n) is 3.14. The van der Waals surface area contributed by atoms with Crippen molar-refractivity contribution in [2.75, 3.05) is 6.61 Å². The van der Waals surface area contributed by atoms with E-state index in [1.54, 1.807) is 41.1 Å². The van der Waals surface area contributed by atoms with Crippen molar-refractivity contribution in [3.8, 4) is 0 Å². The Labute approximate surface area is 192 Å². The summed E-state index contributed by atoms with van der Waals surface area (Å²) < 4.78 is 6.89. The minimum Gasteiger partial charge on any atom is -0.451 e. The second-order valence-electron chi connectivity index (χ2n) is 6.98. The maximum Gasteiger partial charge on any atom is 0.348 e. The number of halogens is 1. The van der Waals surface area contributed by atoms with Crippen LogP contribution in [0.5, 0.6) is 0 Å². The second kappa shape index (κ2) is 9.33. The lowest BCUT2D eigenvalue weighted by Crippen LogP contribution is -2.34. The van der Waals surface area contributed by atoms with Crippen molar-refractivity contribution in [2.24, 2.45) is 0 Å². The normalized spacial score (nSPS) is 10.8. The molecule has 0 aliphatic heterocycles. The van der Waals surface area contributed by atoms with Gasteiger partial charge in [-0.25, -0.2) is 4.79 Å². The van der Waals surface area contributed by atoms with Gasteiger partial charge in [-0.15, -0.1) is 11.3 Å². The molecule has 0 spiro atoms. The quantitative estimate of drug-likeness (QED) is 0.429. The van der Waals surface area contributed by atoms with E-state index in [1.807, 2.05) is 31.2 Å². The van der Waals surface area contributed by atoms with Crippen molar-refractivity contribution in [3.63, 3.8) is 0 Å². The van der Waals surface area contributed by atoms with Gasteiger partial charge < -0.3 is 4.74 Å². The van der Waals surface area contributed by atoms with E-state index in [0.29, 0.717) is 22.0 Å². The lowest BCUT2D eigenvalue weighted by Gasteiger charge is -2.05. The van der Waals surface area contributed by atoms with E-state index in [2.05, 4.69) is 10.4 Å². The maximum absolute atomic E-state index is 12.5. The molecule has 0 aliphatic rings. The number of carbonyl (C=O) groups excluding carboxylic acids is 3. The van der Waals surface area contributed by atoms with Crippen molar-refractivity contribution in [3.05, 3.63) is 87.4 Å². The third-order valence-electron chi connectivity index (χ3n) is 4.71. The molecule has 2 amide bonds. The first-order valence-corrected chi connectivity index (χ1v) is 10.9. The summed E-state index contributed by atoms with van der Waals surface area (Å²) in [4.78, 5) is 37.6. The molecule has 2 aromatic heterocycles. The van der Waals surface area contributed by atoms with Crippen molar-refractivity contribution >= 4 is 50.9 Å². The van der Waals surface area contributed by atoms with Crippen LogP contribution in [0.4, 0.5) is 0 Å². The molecule has 2 aromatic carbocycles. The van der Waals surface area contributed by atoms with Crippen molar-refractivity contribution in [2.45, 2.75) is 13.5 Å². The Balaban J connectivity index is 1.42. The smallest absolute Gasteiger partial charge is 0.348 e. The van der Waals surface area contributed by atoms with Gasteiger partial charge in [-0.2, -0.15) is 5.10 Å². The molecule has 0 saturated heterocycles. The lowest BCUT2D eigenvalue weighted by molar-refractivity contribution is -0.123. The summed E-state index contributed by atoms with van der Waals surface area (Å²) >= 11 is 7.48. The number of esters is 1. The molecule has 32 heavy (non-hydrogen) atoms. The van der Waals surface area contributed by atoms with Crippen LogP contribution < -0.4 is 5.32 Å². The molecule has 0 atom stereocenters. The average Bonchev–Trinajstić information content (AvgIpc) is 3.35. The van der Waals surface area contributed by atoms with Gasteiger partial charge >= 0.3 is 5.97 Å². The van der Waals surface area contributed by atoms with Crippen molar-refractivity contribution in [1.29, 1.82) is 0 Å². The molecule has 4 rings (SSSR count). The number of hydrogen-bond donors (Lipinski definition) is 1. The second-order valence-corrected chi connectivity index (χ2v) is 8.42. The number of amides is 2. The minimum atomic E-state index is -0.700. The summed E-state index contributed by atoms with van der Waals surface area (Å²) in [6.45, 7) is 1.76. The van der Waals surface area contributed by atoms with E-state index in [-0.39, 0.29) is 0 Å². The molecule has 4 aromatic rings. The number of rotatable bonds is 6. The Bertz CT molecular complexity index is 1310. The van der Waals surface area contributed by atoms with Gasteiger partial charge in [0.2, 0.25) is 0 Å². The molecule has 7 nitrogen and oxygen atoms in total. The molecule has 0 aliphatic carbocycles. The van der Waals surface area contributed by atoms with Crippen LogP contribution in [0.1, 0.15) is 31.3 Å². The third-order valence-corrected chi connectivity index (χ3v) is 6.21. The zero-order valence-corrected chi connectivity index (χ0v) is 18.6. The first-order valence-electron chi connectivity index (χ1n) is 9.69. The van der Waals surface area contributed by atoms with Crippen LogP contribution in [0.25, 0.3) is 10.2 Å². The summed E-state index contributed by atoms with van der Waals surface area (Å²) in [6.07, 6.45) is 0. The van der Waals surface area contributed by atoms with Gasteiger partial charge in [-0.05, 0) is 36.8 Å². The standard InChI is InChI=1S/C23H18ClN3O4S/c1-14-17-11-19(32-22(17)27(26-14)12-16-9-5-6-10-18(16)24)23(30)31-13-20(28)25-21(29)15-7-3-2-4-8-15/h2-11H,12-13H2,1H3,(H,25,28,29). The Morgan fingerprint density at radius 3 is 2.56 bits per heavy atom. The highest BCUT2D eigenvalue weighted by molar-refractivity contribution is 7.20. The Kier molecular flexibility index (Phi) is 6.34. The number of thiophene rings is 1. The molecule has 0 unspecified atom stereocenters. The van der Waals surface area contributed by atoms with Gasteiger partial charge in [0.1, 0.15) is 9.71 Å². The summed E-state index contributed by atoms with van der Waals surface area (Å²) in [5, 5.41) is 8.21. The number of nitrogens with one attached hydrogen (secondary N) is 1. The number of hydrogen-bond acceptors (Lipinski definition) is 6. The molecular weight excluding hydrogens is 450 g/mol. The zero-order chi connectivity index (χ0) is 22.7. The van der Waals surface area contributed by atoms with Gasteiger partial charge in [0.05, 0.1) is 12.2 Å². The average molecular weight is 468 g/mol. The largest absolute Gasteiger partial charge is 0.451 e. The van der Waals surface area contributed by atoms with E-state index in [1.165, 1.54) is 11.3 Å². The molecule has 162 valence electrons. The molecule has 9 heteroatoms. The van der Waals surface area contributed by atoms with Crippen LogP contribution >= 0.6 is 22.9 Å². The number of ether oxygens (including phenoxy) is 1. The summed E-state index contributed by atoms with van der Waals surface area (Å²) in [6, 6.07) is 17.5. The number of aromatic nitrogens is 2. The first kappa shape index (κ1) is 21.7.